The molecule has 1 heterocycles. The molecule has 2 amide bonds. The van der Waals surface area contributed by atoms with E-state index in [9.17, 15) is 14.4 Å². The van der Waals surface area contributed by atoms with E-state index >= 15 is 0 Å². The van der Waals surface area contributed by atoms with E-state index in [4.69, 9.17) is 5.73 Å². The van der Waals surface area contributed by atoms with Crippen molar-refractivity contribution in [2.24, 2.45) is 0 Å². The maximum Gasteiger partial charge on any atom is 0.243 e. The molecule has 1 fully saturated rings. The Morgan fingerprint density at radius 3 is 2.32 bits per heavy atom. The lowest BCUT2D eigenvalue weighted by molar-refractivity contribution is -0.134. The van der Waals surface area contributed by atoms with E-state index in [1.807, 2.05) is 26.0 Å². The topological polar surface area (TPSA) is 101 Å². The number of nitrogen functional groups attached to an aromatic ring is 1. The van der Waals surface area contributed by atoms with Gasteiger partial charge in [-0.05, 0) is 45.0 Å². The normalized spacial score (nSPS) is 18.0. The van der Waals surface area contributed by atoms with Crippen LogP contribution in [0.2, 0.25) is 0 Å². The van der Waals surface area contributed by atoms with Crippen molar-refractivity contribution in [3.05, 3.63) is 29.8 Å². The van der Waals surface area contributed by atoms with Crippen LogP contribution in [0.5, 0.6) is 0 Å². The van der Waals surface area contributed by atoms with Crippen LogP contribution in [0.1, 0.15) is 32.3 Å². The van der Waals surface area contributed by atoms with Gasteiger partial charge in [-0.3, -0.25) is 14.9 Å². The number of carbonyl (C=O) groups is 3. The Balaban J connectivity index is 0.000000224. The molecule has 1 unspecified atom stereocenters. The zero-order valence-electron chi connectivity index (χ0n) is 13.2. The van der Waals surface area contributed by atoms with E-state index in [-0.39, 0.29) is 17.9 Å². The molecule has 4 N–H and O–H groups in total. The van der Waals surface area contributed by atoms with Crippen LogP contribution < -0.4 is 16.4 Å². The van der Waals surface area contributed by atoms with Crippen LogP contribution in [-0.2, 0) is 19.8 Å². The summed E-state index contributed by atoms with van der Waals surface area (Å²) in [6.07, 6.45) is 2.00. The summed E-state index contributed by atoms with van der Waals surface area (Å²) in [4.78, 5) is 32.1. The van der Waals surface area contributed by atoms with Gasteiger partial charge in [-0.1, -0.05) is 12.1 Å². The molecule has 22 heavy (non-hydrogen) atoms. The number of likely N-dealkylation sites (N-methyl/N-ethyl adjacent to an activating group) is 1. The number of amides is 2. The van der Waals surface area contributed by atoms with Gasteiger partial charge in [0, 0.05) is 17.5 Å². The number of nitrogens with one attached hydrogen (secondary N) is 2. The van der Waals surface area contributed by atoms with Gasteiger partial charge in [0.15, 0.2) is 0 Å². The molecular formula is C16H23N3O3. The Kier molecular flexibility index (Phi) is 6.24. The molecule has 1 aliphatic heterocycles. The highest BCUT2D eigenvalue weighted by molar-refractivity contribution is 6.00. The Morgan fingerprint density at radius 2 is 1.86 bits per heavy atom. The van der Waals surface area contributed by atoms with Crippen LogP contribution in [0.4, 0.5) is 5.69 Å². The Labute approximate surface area is 130 Å². The average Bonchev–Trinajstić information content (AvgIpc) is 2.48. The number of aldehydes is 1. The fourth-order valence-electron chi connectivity index (χ4n) is 1.95. The third-order valence-corrected chi connectivity index (χ3v) is 3.54. The summed E-state index contributed by atoms with van der Waals surface area (Å²) < 4.78 is 0. The van der Waals surface area contributed by atoms with E-state index in [2.05, 4.69) is 10.6 Å². The highest BCUT2D eigenvalue weighted by Gasteiger charge is 2.24. The molecule has 1 aromatic carbocycles. The molecule has 1 aromatic rings. The minimum absolute atomic E-state index is 0.170. The van der Waals surface area contributed by atoms with Crippen molar-refractivity contribution in [2.45, 2.75) is 38.1 Å². The lowest BCUT2D eigenvalue weighted by Gasteiger charge is -2.19. The first kappa shape index (κ1) is 17.8. The van der Waals surface area contributed by atoms with Crippen molar-refractivity contribution in [1.82, 2.24) is 10.6 Å². The van der Waals surface area contributed by atoms with E-state index in [0.29, 0.717) is 12.8 Å². The molecule has 0 radical (unpaired) electrons. The molecule has 6 nitrogen and oxygen atoms in total. The Morgan fingerprint density at radius 1 is 1.27 bits per heavy atom. The number of hydrogen-bond acceptors (Lipinski definition) is 5. The first-order chi connectivity index (χ1) is 10.3. The van der Waals surface area contributed by atoms with E-state index in [1.165, 1.54) is 0 Å². The first-order valence-corrected chi connectivity index (χ1v) is 7.13. The minimum atomic E-state index is -0.409. The molecule has 120 valence electrons. The first-order valence-electron chi connectivity index (χ1n) is 7.13. The van der Waals surface area contributed by atoms with E-state index in [1.54, 1.807) is 19.2 Å². The standard InChI is InChI=1S/C10H13NO.C6H10N2O2/c1-10(2,7-12)8-3-5-9(11)6-4-8;1-7-4-2-3-5(9)8-6(4)10/h3-7H,11H2,1-2H3;4,7H,2-3H2,1H3,(H,8,9,10). The zero-order chi connectivity index (χ0) is 16.8. The van der Waals surface area contributed by atoms with Crippen LogP contribution in [0.3, 0.4) is 0 Å². The summed E-state index contributed by atoms with van der Waals surface area (Å²) in [7, 11) is 1.71. The smallest absolute Gasteiger partial charge is 0.243 e. The van der Waals surface area contributed by atoms with Crippen molar-refractivity contribution >= 4 is 23.8 Å². The molecule has 1 atom stereocenters. The number of nitrogens with two attached hydrogens (primary N) is 1. The average molecular weight is 305 g/mol. The van der Waals surface area contributed by atoms with E-state index < -0.39 is 5.41 Å². The SMILES string of the molecule is CC(C)(C=O)c1ccc(N)cc1.CNC1CCC(=O)NC1=O. The third kappa shape index (κ3) is 4.96. The molecule has 0 bridgehead atoms. The Hall–Kier alpha value is -2.21. The predicted octanol–water partition coefficient (Wildman–Crippen LogP) is 0.756. The fraction of sp³-hybridized carbons (Fsp3) is 0.438. The van der Waals surface area contributed by atoms with Crippen molar-refractivity contribution in [3.63, 3.8) is 0 Å². The van der Waals surface area contributed by atoms with Gasteiger partial charge in [0.1, 0.15) is 6.29 Å². The largest absolute Gasteiger partial charge is 0.399 e. The van der Waals surface area contributed by atoms with Gasteiger partial charge in [-0.2, -0.15) is 0 Å². The molecule has 2 rings (SSSR count). The van der Waals surface area contributed by atoms with Crippen LogP contribution in [-0.4, -0.2) is 31.2 Å². The second-order valence-electron chi connectivity index (χ2n) is 5.75. The molecule has 1 saturated heterocycles. The number of carbonyl (C=O) groups excluding carboxylic acids is 3. The quantitative estimate of drug-likeness (QED) is 0.435. The predicted molar refractivity (Wildman–Crippen MR) is 85.2 cm³/mol. The van der Waals surface area contributed by atoms with Crippen LogP contribution in [0.25, 0.3) is 0 Å². The van der Waals surface area contributed by atoms with Crippen LogP contribution in [0.15, 0.2) is 24.3 Å². The van der Waals surface area contributed by atoms with Gasteiger partial charge in [0.25, 0.3) is 0 Å². The lowest BCUT2D eigenvalue weighted by Crippen LogP contribution is -2.49. The maximum atomic E-state index is 10.8. The summed E-state index contributed by atoms with van der Waals surface area (Å²) in [5.41, 5.74) is 6.83. The monoisotopic (exact) mass is 305 g/mol. The maximum absolute atomic E-state index is 10.8. The van der Waals surface area contributed by atoms with Gasteiger partial charge in [0.05, 0.1) is 6.04 Å². The number of imide groups is 1. The van der Waals surface area contributed by atoms with Crippen molar-refractivity contribution in [2.75, 3.05) is 12.8 Å². The summed E-state index contributed by atoms with van der Waals surface area (Å²) in [5, 5.41) is 5.05. The van der Waals surface area contributed by atoms with Crippen LogP contribution in [0, 0.1) is 0 Å². The molecule has 1 aliphatic rings. The third-order valence-electron chi connectivity index (χ3n) is 3.54. The molecule has 0 spiro atoms. The molecule has 0 aliphatic carbocycles. The van der Waals surface area contributed by atoms with Gasteiger partial charge in [-0.25, -0.2) is 0 Å². The van der Waals surface area contributed by atoms with Crippen LogP contribution >= 0.6 is 0 Å². The van der Waals surface area contributed by atoms with Crippen molar-refractivity contribution < 1.29 is 14.4 Å². The molecule has 0 aromatic heterocycles. The number of rotatable bonds is 3. The number of benzene rings is 1. The molecule has 6 heteroatoms. The summed E-state index contributed by atoms with van der Waals surface area (Å²) >= 11 is 0. The second-order valence-corrected chi connectivity index (χ2v) is 5.75. The Bertz CT molecular complexity index is 538. The number of piperidine rings is 1. The molecular weight excluding hydrogens is 282 g/mol. The van der Waals surface area contributed by atoms with Gasteiger partial charge in [-0.15, -0.1) is 0 Å². The highest BCUT2D eigenvalue weighted by Crippen LogP contribution is 2.21. The van der Waals surface area contributed by atoms with Gasteiger partial charge < -0.3 is 15.8 Å². The zero-order valence-corrected chi connectivity index (χ0v) is 13.2. The second kappa shape index (κ2) is 7.70. The van der Waals surface area contributed by atoms with Gasteiger partial charge in [0.2, 0.25) is 11.8 Å². The number of anilines is 1. The highest BCUT2D eigenvalue weighted by atomic mass is 16.2. The van der Waals surface area contributed by atoms with Crippen molar-refractivity contribution in [1.29, 1.82) is 0 Å². The molecule has 0 saturated carbocycles. The summed E-state index contributed by atoms with van der Waals surface area (Å²) in [6.45, 7) is 3.76. The summed E-state index contributed by atoms with van der Waals surface area (Å²) in [6, 6.07) is 7.19. The fourth-order valence-corrected chi connectivity index (χ4v) is 1.95. The minimum Gasteiger partial charge on any atom is -0.399 e. The lowest BCUT2D eigenvalue weighted by atomic mass is 9.86. The van der Waals surface area contributed by atoms with Crippen molar-refractivity contribution in [3.8, 4) is 0 Å². The van der Waals surface area contributed by atoms with Gasteiger partial charge >= 0.3 is 0 Å². The van der Waals surface area contributed by atoms with E-state index in [0.717, 1.165) is 17.5 Å². The summed E-state index contributed by atoms with van der Waals surface area (Å²) in [5.74, 6) is -0.379. The number of hydrogen-bond donors (Lipinski definition) is 3.